The predicted molar refractivity (Wildman–Crippen MR) is 107 cm³/mol. The van der Waals surface area contributed by atoms with Crippen molar-refractivity contribution in [1.29, 1.82) is 0 Å². The molecular formula is C17H19ClN4O3S. The van der Waals surface area contributed by atoms with Gasteiger partial charge in [0.1, 0.15) is 11.5 Å². The highest BCUT2D eigenvalue weighted by atomic mass is 35.5. The highest BCUT2D eigenvalue weighted by Crippen LogP contribution is 2.27. The first-order chi connectivity index (χ1) is 12.7. The van der Waals surface area contributed by atoms with E-state index in [0.717, 1.165) is 24.7 Å². The molecule has 0 amide bonds. The van der Waals surface area contributed by atoms with Crippen molar-refractivity contribution in [3.63, 3.8) is 0 Å². The molecule has 1 aliphatic rings. The Morgan fingerprint density at radius 3 is 2.85 bits per heavy atom. The van der Waals surface area contributed by atoms with E-state index in [1.807, 2.05) is 18.2 Å². The Bertz CT molecular complexity index is 790. The summed E-state index contributed by atoms with van der Waals surface area (Å²) >= 11 is 11.3. The molecule has 9 heteroatoms. The Labute approximate surface area is 161 Å². The molecule has 0 radical (unpaired) electrons. The Morgan fingerprint density at radius 2 is 2.12 bits per heavy atom. The van der Waals surface area contributed by atoms with Gasteiger partial charge in [-0.3, -0.25) is 5.43 Å². The van der Waals surface area contributed by atoms with E-state index >= 15 is 0 Å². The molecule has 0 aliphatic carbocycles. The summed E-state index contributed by atoms with van der Waals surface area (Å²) in [4.78, 5) is 2.13. The Hall–Kier alpha value is -2.29. The molecule has 1 saturated heterocycles. The van der Waals surface area contributed by atoms with Crippen molar-refractivity contribution in [3.8, 4) is 5.75 Å². The first-order valence-corrected chi connectivity index (χ1v) is 8.80. The van der Waals surface area contributed by atoms with Gasteiger partial charge < -0.3 is 24.1 Å². The molecule has 2 heterocycles. The molecule has 1 aromatic heterocycles. The third-order valence-electron chi connectivity index (χ3n) is 3.70. The molecule has 1 aromatic carbocycles. The lowest BCUT2D eigenvalue weighted by Crippen LogP contribution is -2.35. The van der Waals surface area contributed by atoms with Gasteiger partial charge in [-0.2, -0.15) is 5.10 Å². The summed E-state index contributed by atoms with van der Waals surface area (Å²) in [6.07, 6.45) is 1.57. The zero-order chi connectivity index (χ0) is 18.4. The van der Waals surface area contributed by atoms with Crippen LogP contribution in [0.1, 0.15) is 5.76 Å². The first-order valence-electron chi connectivity index (χ1n) is 8.02. The summed E-state index contributed by atoms with van der Waals surface area (Å²) in [6, 6.07) is 9.06. The van der Waals surface area contributed by atoms with Crippen molar-refractivity contribution in [2.75, 3.05) is 43.6 Å². The number of hydrazone groups is 1. The fraction of sp³-hybridized carbons (Fsp3) is 0.294. The van der Waals surface area contributed by atoms with Gasteiger partial charge in [-0.25, -0.2) is 0 Å². The van der Waals surface area contributed by atoms with Gasteiger partial charge in [-0.1, -0.05) is 11.6 Å². The minimum Gasteiger partial charge on any atom is -0.495 e. The highest BCUT2D eigenvalue weighted by molar-refractivity contribution is 7.80. The maximum Gasteiger partial charge on any atom is 0.196 e. The third-order valence-corrected chi connectivity index (χ3v) is 4.19. The smallest absolute Gasteiger partial charge is 0.196 e. The topological polar surface area (TPSA) is 71.3 Å². The third kappa shape index (κ3) is 4.87. The number of hydrogen-bond donors (Lipinski definition) is 2. The SMILES string of the molecule is COc1ccc(NC(=S)N/N=C\c2ccc(N3CCOCC3)o2)cc1Cl. The fourth-order valence-corrected chi connectivity index (χ4v) is 2.85. The van der Waals surface area contributed by atoms with E-state index in [1.165, 1.54) is 0 Å². The van der Waals surface area contributed by atoms with E-state index in [2.05, 4.69) is 20.7 Å². The lowest BCUT2D eigenvalue weighted by Gasteiger charge is -2.26. The van der Waals surface area contributed by atoms with Gasteiger partial charge in [0.2, 0.25) is 0 Å². The van der Waals surface area contributed by atoms with Crippen LogP contribution in [0, 0.1) is 0 Å². The Morgan fingerprint density at radius 1 is 1.31 bits per heavy atom. The van der Waals surface area contributed by atoms with Gasteiger partial charge >= 0.3 is 0 Å². The molecule has 0 unspecified atom stereocenters. The van der Waals surface area contributed by atoms with Crippen LogP contribution >= 0.6 is 23.8 Å². The van der Waals surface area contributed by atoms with E-state index < -0.39 is 0 Å². The largest absolute Gasteiger partial charge is 0.495 e. The predicted octanol–water partition coefficient (Wildman–Crippen LogP) is 3.10. The Kier molecular flexibility index (Phi) is 6.32. The maximum atomic E-state index is 6.08. The molecule has 26 heavy (non-hydrogen) atoms. The number of rotatable bonds is 5. The van der Waals surface area contributed by atoms with Crippen LogP contribution < -0.4 is 20.4 Å². The summed E-state index contributed by atoms with van der Waals surface area (Å²) < 4.78 is 16.2. The highest BCUT2D eigenvalue weighted by Gasteiger charge is 2.14. The number of nitrogens with zero attached hydrogens (tertiary/aromatic N) is 2. The normalized spacial score (nSPS) is 14.5. The molecule has 1 fully saturated rings. The number of ether oxygens (including phenoxy) is 2. The van der Waals surface area contributed by atoms with Crippen molar-refractivity contribution in [2.24, 2.45) is 5.10 Å². The summed E-state index contributed by atoms with van der Waals surface area (Å²) in [5.74, 6) is 2.04. The van der Waals surface area contributed by atoms with Crippen molar-refractivity contribution >= 4 is 46.7 Å². The lowest BCUT2D eigenvalue weighted by molar-refractivity contribution is 0.120. The van der Waals surface area contributed by atoms with Crippen LogP contribution in [0.15, 0.2) is 39.9 Å². The van der Waals surface area contributed by atoms with E-state index in [-0.39, 0.29) is 0 Å². The maximum absolute atomic E-state index is 6.08. The molecule has 0 bridgehead atoms. The monoisotopic (exact) mass is 394 g/mol. The average Bonchev–Trinajstić information content (AvgIpc) is 3.11. The van der Waals surface area contributed by atoms with Crippen molar-refractivity contribution < 1.29 is 13.9 Å². The number of thiocarbonyl (C=S) groups is 1. The number of methoxy groups -OCH3 is 1. The minimum absolute atomic E-state index is 0.336. The number of morpholine rings is 1. The van der Waals surface area contributed by atoms with Crippen molar-refractivity contribution in [1.82, 2.24) is 5.43 Å². The number of benzene rings is 1. The number of anilines is 2. The summed E-state index contributed by atoms with van der Waals surface area (Å²) in [7, 11) is 1.56. The van der Waals surface area contributed by atoms with Gasteiger partial charge in [0.15, 0.2) is 11.0 Å². The molecule has 1 aliphatic heterocycles. The van der Waals surface area contributed by atoms with E-state index in [1.54, 1.807) is 25.5 Å². The molecule has 138 valence electrons. The zero-order valence-electron chi connectivity index (χ0n) is 14.2. The zero-order valence-corrected chi connectivity index (χ0v) is 15.8. The van der Waals surface area contributed by atoms with Crippen molar-refractivity contribution in [3.05, 3.63) is 41.1 Å². The van der Waals surface area contributed by atoms with Crippen LogP contribution in [0.3, 0.4) is 0 Å². The number of hydrogen-bond acceptors (Lipinski definition) is 6. The molecular weight excluding hydrogens is 376 g/mol. The molecule has 2 N–H and O–H groups in total. The number of halogens is 1. The molecule has 0 atom stereocenters. The van der Waals surface area contributed by atoms with Crippen LogP contribution in [0.2, 0.25) is 5.02 Å². The number of nitrogens with one attached hydrogen (secondary N) is 2. The quantitative estimate of drug-likeness (QED) is 0.458. The second kappa shape index (κ2) is 8.88. The molecule has 0 spiro atoms. The number of furan rings is 1. The fourth-order valence-electron chi connectivity index (χ4n) is 2.42. The van der Waals surface area contributed by atoms with Crippen LogP contribution in [0.4, 0.5) is 11.6 Å². The average molecular weight is 395 g/mol. The van der Waals surface area contributed by atoms with E-state index in [9.17, 15) is 0 Å². The molecule has 3 rings (SSSR count). The molecule has 7 nitrogen and oxygen atoms in total. The second-order valence-corrected chi connectivity index (χ2v) is 6.26. The summed E-state index contributed by atoms with van der Waals surface area (Å²) in [5, 5.41) is 7.90. The van der Waals surface area contributed by atoms with Gasteiger partial charge in [0.05, 0.1) is 31.6 Å². The van der Waals surface area contributed by atoms with Crippen LogP contribution in [-0.2, 0) is 4.74 Å². The molecule has 0 saturated carbocycles. The first kappa shape index (κ1) is 18.5. The lowest BCUT2D eigenvalue weighted by atomic mass is 10.3. The van der Waals surface area contributed by atoms with Crippen LogP contribution in [0.25, 0.3) is 0 Å². The van der Waals surface area contributed by atoms with E-state index in [0.29, 0.717) is 34.9 Å². The van der Waals surface area contributed by atoms with Gasteiger partial charge in [0, 0.05) is 24.8 Å². The van der Waals surface area contributed by atoms with E-state index in [4.69, 9.17) is 37.7 Å². The van der Waals surface area contributed by atoms with Crippen LogP contribution in [0.5, 0.6) is 5.75 Å². The Balaban J connectivity index is 1.51. The van der Waals surface area contributed by atoms with Crippen molar-refractivity contribution in [2.45, 2.75) is 0 Å². The second-order valence-electron chi connectivity index (χ2n) is 5.45. The standard InChI is InChI=1S/C17H19ClN4O3S/c1-23-15-4-2-12(10-14(15)18)20-17(26)21-19-11-13-3-5-16(25-13)22-6-8-24-9-7-22/h2-5,10-11H,6-9H2,1H3,(H2,20,21,26)/b19-11-. The van der Waals surface area contributed by atoms with Crippen LogP contribution in [-0.4, -0.2) is 44.7 Å². The summed E-state index contributed by atoms with van der Waals surface area (Å²) in [6.45, 7) is 3.06. The van der Waals surface area contributed by atoms with Gasteiger partial charge in [-0.05, 0) is 36.5 Å². The minimum atomic E-state index is 0.336. The molecule has 2 aromatic rings. The summed E-state index contributed by atoms with van der Waals surface area (Å²) in [5.41, 5.74) is 3.47. The van der Waals surface area contributed by atoms with Gasteiger partial charge in [-0.15, -0.1) is 0 Å². The van der Waals surface area contributed by atoms with Gasteiger partial charge in [0.25, 0.3) is 0 Å².